The Labute approximate surface area is 192 Å². The number of ether oxygens (including phenoxy) is 1. The molecular weight excluding hydrogens is 418 g/mol. The molecule has 0 aromatic heterocycles. The van der Waals surface area contributed by atoms with Gasteiger partial charge in [0.2, 0.25) is 0 Å². The van der Waals surface area contributed by atoms with E-state index in [4.69, 9.17) is 15.7 Å². The molecule has 4 N–H and O–H groups in total. The number of benzene rings is 3. The first-order chi connectivity index (χ1) is 15.9. The standard InChI is InChI=1S/C25H25N5O3/c1-30(2)13-14-33-25(32)28-21-10-7-19(8-11-21)24(31)29-23-15-20(9-12-22(23)27)18-5-3-17(16-26)4-6-18/h3-12,15H,13-14,27H2,1-2H3,(H,28,32)(H,29,31). The van der Waals surface area contributed by atoms with Crippen molar-refractivity contribution in [1.29, 1.82) is 5.26 Å². The maximum absolute atomic E-state index is 12.7. The number of hydrogen-bond donors (Lipinski definition) is 3. The molecule has 3 aromatic carbocycles. The summed E-state index contributed by atoms with van der Waals surface area (Å²) in [5.41, 5.74) is 10.2. The van der Waals surface area contributed by atoms with E-state index < -0.39 is 6.09 Å². The van der Waals surface area contributed by atoms with Crippen molar-refractivity contribution >= 4 is 29.1 Å². The number of carbonyl (C=O) groups excluding carboxylic acids is 2. The molecule has 0 radical (unpaired) electrons. The molecule has 8 heteroatoms. The molecule has 0 saturated heterocycles. The van der Waals surface area contributed by atoms with Crippen LogP contribution in [-0.4, -0.2) is 44.1 Å². The normalized spacial score (nSPS) is 10.4. The summed E-state index contributed by atoms with van der Waals surface area (Å²) in [7, 11) is 3.78. The van der Waals surface area contributed by atoms with E-state index in [1.54, 1.807) is 48.5 Å². The number of rotatable bonds is 7. The van der Waals surface area contributed by atoms with Crippen molar-refractivity contribution in [2.45, 2.75) is 0 Å². The molecule has 0 aliphatic rings. The monoisotopic (exact) mass is 443 g/mol. The van der Waals surface area contributed by atoms with Crippen LogP contribution >= 0.6 is 0 Å². The Morgan fingerprint density at radius 2 is 1.64 bits per heavy atom. The molecule has 0 saturated carbocycles. The second-order valence-corrected chi connectivity index (χ2v) is 7.59. The van der Waals surface area contributed by atoms with Gasteiger partial charge in [-0.25, -0.2) is 4.79 Å². The number of nitriles is 1. The summed E-state index contributed by atoms with van der Waals surface area (Å²) >= 11 is 0. The zero-order chi connectivity index (χ0) is 23.8. The lowest BCUT2D eigenvalue weighted by molar-refractivity contribution is 0.102. The van der Waals surface area contributed by atoms with Crippen molar-refractivity contribution in [3.63, 3.8) is 0 Å². The SMILES string of the molecule is CN(C)CCOC(=O)Nc1ccc(C(=O)Nc2cc(-c3ccc(C#N)cc3)ccc2N)cc1. The van der Waals surface area contributed by atoms with Gasteiger partial charge in [0, 0.05) is 17.8 Å². The molecule has 0 bridgehead atoms. The van der Waals surface area contributed by atoms with E-state index >= 15 is 0 Å². The molecule has 0 spiro atoms. The first kappa shape index (κ1) is 23.3. The highest BCUT2D eigenvalue weighted by Gasteiger charge is 2.11. The Hall–Kier alpha value is -4.35. The van der Waals surface area contributed by atoms with Gasteiger partial charge in [-0.15, -0.1) is 0 Å². The molecule has 33 heavy (non-hydrogen) atoms. The topological polar surface area (TPSA) is 120 Å². The van der Waals surface area contributed by atoms with Gasteiger partial charge in [-0.3, -0.25) is 10.1 Å². The fourth-order valence-corrected chi connectivity index (χ4v) is 2.96. The van der Waals surface area contributed by atoms with E-state index in [2.05, 4.69) is 16.7 Å². The lowest BCUT2D eigenvalue weighted by Crippen LogP contribution is -2.22. The smallest absolute Gasteiger partial charge is 0.411 e. The van der Waals surface area contributed by atoms with Gasteiger partial charge >= 0.3 is 6.09 Å². The van der Waals surface area contributed by atoms with Crippen LogP contribution in [0.25, 0.3) is 11.1 Å². The van der Waals surface area contributed by atoms with Crippen LogP contribution in [0.5, 0.6) is 0 Å². The van der Waals surface area contributed by atoms with Crippen molar-refractivity contribution in [2.24, 2.45) is 0 Å². The number of hydrogen-bond acceptors (Lipinski definition) is 6. The summed E-state index contributed by atoms with van der Waals surface area (Å²) in [6, 6.07) is 21.0. The molecule has 0 aliphatic heterocycles. The van der Waals surface area contributed by atoms with Gasteiger partial charge in [0.25, 0.3) is 5.91 Å². The molecule has 0 fully saturated rings. The molecule has 3 rings (SSSR count). The van der Waals surface area contributed by atoms with Gasteiger partial charge in [0.05, 0.1) is 23.0 Å². The van der Waals surface area contributed by atoms with E-state index in [0.717, 1.165) is 11.1 Å². The molecular formula is C25H25N5O3. The van der Waals surface area contributed by atoms with Gasteiger partial charge in [-0.2, -0.15) is 5.26 Å². The van der Waals surface area contributed by atoms with Crippen LogP contribution in [0.3, 0.4) is 0 Å². The van der Waals surface area contributed by atoms with Crippen LogP contribution in [0.1, 0.15) is 15.9 Å². The predicted octanol–water partition coefficient (Wildman–Crippen LogP) is 4.17. The summed E-state index contributed by atoms with van der Waals surface area (Å²) in [5, 5.41) is 14.4. The summed E-state index contributed by atoms with van der Waals surface area (Å²) < 4.78 is 5.09. The van der Waals surface area contributed by atoms with E-state index in [1.807, 2.05) is 37.2 Å². The first-order valence-electron chi connectivity index (χ1n) is 10.3. The van der Waals surface area contributed by atoms with Gasteiger partial charge in [0.1, 0.15) is 6.61 Å². The van der Waals surface area contributed by atoms with Crippen LogP contribution in [-0.2, 0) is 4.74 Å². The second kappa shape index (κ2) is 10.8. The number of amides is 2. The average Bonchev–Trinajstić information content (AvgIpc) is 2.80. The fraction of sp³-hybridized carbons (Fsp3) is 0.160. The number of nitrogens with one attached hydrogen (secondary N) is 2. The third kappa shape index (κ3) is 6.56. The zero-order valence-electron chi connectivity index (χ0n) is 18.5. The molecule has 168 valence electrons. The maximum Gasteiger partial charge on any atom is 0.411 e. The number of likely N-dealkylation sites (N-methyl/N-ethyl adjacent to an activating group) is 1. The van der Waals surface area contributed by atoms with Crippen LogP contribution < -0.4 is 16.4 Å². The average molecular weight is 444 g/mol. The lowest BCUT2D eigenvalue weighted by Gasteiger charge is -2.12. The van der Waals surface area contributed by atoms with E-state index in [9.17, 15) is 9.59 Å². The summed E-state index contributed by atoms with van der Waals surface area (Å²) in [6.45, 7) is 0.907. The Balaban J connectivity index is 1.65. The van der Waals surface area contributed by atoms with Gasteiger partial charge in [0.15, 0.2) is 0 Å². The minimum absolute atomic E-state index is 0.280. The van der Waals surface area contributed by atoms with Crippen molar-refractivity contribution in [1.82, 2.24) is 4.90 Å². The lowest BCUT2D eigenvalue weighted by atomic mass is 10.0. The van der Waals surface area contributed by atoms with Crippen molar-refractivity contribution in [3.8, 4) is 17.2 Å². The van der Waals surface area contributed by atoms with E-state index in [0.29, 0.717) is 34.7 Å². The van der Waals surface area contributed by atoms with Crippen LogP contribution in [0.4, 0.5) is 21.9 Å². The van der Waals surface area contributed by atoms with E-state index in [-0.39, 0.29) is 12.5 Å². The van der Waals surface area contributed by atoms with Crippen molar-refractivity contribution in [3.05, 3.63) is 77.9 Å². The van der Waals surface area contributed by atoms with Gasteiger partial charge < -0.3 is 20.7 Å². The summed E-state index contributed by atoms with van der Waals surface area (Å²) in [4.78, 5) is 26.4. The quantitative estimate of drug-likeness (QED) is 0.471. The number of nitrogens with two attached hydrogens (primary N) is 1. The minimum atomic E-state index is -0.554. The molecule has 0 aliphatic carbocycles. The Morgan fingerprint density at radius 1 is 0.970 bits per heavy atom. The minimum Gasteiger partial charge on any atom is -0.448 e. The molecule has 0 atom stereocenters. The second-order valence-electron chi connectivity index (χ2n) is 7.59. The van der Waals surface area contributed by atoms with Gasteiger partial charge in [-0.05, 0) is 73.8 Å². The van der Waals surface area contributed by atoms with E-state index in [1.165, 1.54) is 0 Å². The first-order valence-corrected chi connectivity index (χ1v) is 10.3. The van der Waals surface area contributed by atoms with Crippen LogP contribution in [0, 0.1) is 11.3 Å². The predicted molar refractivity (Wildman–Crippen MR) is 129 cm³/mol. The number of nitrogen functional groups attached to an aromatic ring is 1. The molecule has 8 nitrogen and oxygen atoms in total. The summed E-state index contributed by atoms with van der Waals surface area (Å²) in [5.74, 6) is -0.334. The maximum atomic E-state index is 12.7. The molecule has 2 amide bonds. The molecule has 0 unspecified atom stereocenters. The number of anilines is 3. The van der Waals surface area contributed by atoms with Crippen LogP contribution in [0.15, 0.2) is 66.7 Å². The highest BCUT2D eigenvalue weighted by molar-refractivity contribution is 6.06. The fourth-order valence-electron chi connectivity index (χ4n) is 2.96. The number of nitrogens with zero attached hydrogens (tertiary/aromatic N) is 2. The number of carbonyl (C=O) groups is 2. The Morgan fingerprint density at radius 3 is 2.27 bits per heavy atom. The highest BCUT2D eigenvalue weighted by Crippen LogP contribution is 2.28. The Kier molecular flexibility index (Phi) is 7.63. The highest BCUT2D eigenvalue weighted by atomic mass is 16.5. The largest absolute Gasteiger partial charge is 0.448 e. The van der Waals surface area contributed by atoms with Crippen molar-refractivity contribution in [2.75, 3.05) is 43.6 Å². The Bertz CT molecular complexity index is 1170. The van der Waals surface area contributed by atoms with Gasteiger partial charge in [-0.1, -0.05) is 18.2 Å². The molecule has 3 aromatic rings. The summed E-state index contributed by atoms with van der Waals surface area (Å²) in [6.07, 6.45) is -0.554. The third-order valence-corrected chi connectivity index (χ3v) is 4.81. The molecule has 0 heterocycles. The van der Waals surface area contributed by atoms with Crippen molar-refractivity contribution < 1.29 is 14.3 Å². The third-order valence-electron chi connectivity index (χ3n) is 4.81. The van der Waals surface area contributed by atoms with Crippen LogP contribution in [0.2, 0.25) is 0 Å². The zero-order valence-corrected chi connectivity index (χ0v) is 18.5.